The number of halogens is 1. The lowest BCUT2D eigenvalue weighted by molar-refractivity contribution is -0.130. The van der Waals surface area contributed by atoms with Crippen molar-refractivity contribution >= 4 is 27.5 Å². The SMILES string of the molecule is CCOc1ccc(S(=O)(=O)N(CC(=O)N(C)Cc2cc(OC)c(OC)c(OC)c2)Cc2ccccc2)cc1Cl. The quantitative estimate of drug-likeness (QED) is 0.293. The van der Waals surface area contributed by atoms with Crippen LogP contribution < -0.4 is 18.9 Å². The van der Waals surface area contributed by atoms with E-state index in [-0.39, 0.29) is 29.6 Å². The van der Waals surface area contributed by atoms with Crippen LogP contribution in [0.5, 0.6) is 23.0 Å². The Morgan fingerprint density at radius 2 is 1.49 bits per heavy atom. The lowest BCUT2D eigenvalue weighted by Gasteiger charge is -2.25. The predicted molar refractivity (Wildman–Crippen MR) is 149 cm³/mol. The standard InChI is InChI=1S/C28H33ClN2O7S/c1-6-38-24-13-12-22(16-23(24)29)39(33,34)31(18-20-10-8-7-9-11-20)19-27(32)30(2)17-21-14-25(35-3)28(37-5)26(15-21)36-4/h7-16H,6,17-19H2,1-5H3. The summed E-state index contributed by atoms with van der Waals surface area (Å²) in [5.74, 6) is 1.32. The van der Waals surface area contributed by atoms with Gasteiger partial charge in [-0.2, -0.15) is 4.31 Å². The minimum atomic E-state index is -4.10. The summed E-state index contributed by atoms with van der Waals surface area (Å²) in [6.07, 6.45) is 0. The topological polar surface area (TPSA) is 94.6 Å². The summed E-state index contributed by atoms with van der Waals surface area (Å²) in [4.78, 5) is 14.8. The number of sulfonamides is 1. The number of ether oxygens (including phenoxy) is 4. The molecule has 0 N–H and O–H groups in total. The van der Waals surface area contributed by atoms with E-state index >= 15 is 0 Å². The molecule has 0 heterocycles. The molecule has 3 aromatic rings. The summed E-state index contributed by atoms with van der Waals surface area (Å²) < 4.78 is 50.2. The molecule has 3 aromatic carbocycles. The maximum atomic E-state index is 13.7. The molecule has 0 radical (unpaired) electrons. The van der Waals surface area contributed by atoms with E-state index in [0.29, 0.717) is 29.6 Å². The average molecular weight is 577 g/mol. The van der Waals surface area contributed by atoms with Crippen LogP contribution in [0.15, 0.2) is 65.6 Å². The van der Waals surface area contributed by atoms with E-state index in [0.717, 1.165) is 15.4 Å². The maximum Gasteiger partial charge on any atom is 0.243 e. The second kappa shape index (κ2) is 13.5. The van der Waals surface area contributed by atoms with Crippen LogP contribution in [0.25, 0.3) is 0 Å². The lowest BCUT2D eigenvalue weighted by Crippen LogP contribution is -2.41. The van der Waals surface area contributed by atoms with E-state index in [9.17, 15) is 13.2 Å². The minimum Gasteiger partial charge on any atom is -0.493 e. The first-order valence-electron chi connectivity index (χ1n) is 12.1. The molecule has 39 heavy (non-hydrogen) atoms. The van der Waals surface area contributed by atoms with Gasteiger partial charge in [-0.05, 0) is 48.4 Å². The summed E-state index contributed by atoms with van der Waals surface area (Å²) in [7, 11) is 2.04. The van der Waals surface area contributed by atoms with Gasteiger partial charge >= 0.3 is 0 Å². The minimum absolute atomic E-state index is 0.00222. The third-order valence-electron chi connectivity index (χ3n) is 5.92. The van der Waals surface area contributed by atoms with Crippen LogP contribution in [-0.2, 0) is 27.9 Å². The van der Waals surface area contributed by atoms with Crippen molar-refractivity contribution in [1.82, 2.24) is 9.21 Å². The molecule has 0 saturated carbocycles. The molecule has 3 rings (SSSR count). The van der Waals surface area contributed by atoms with Gasteiger partial charge in [0.05, 0.1) is 44.4 Å². The molecule has 0 bridgehead atoms. The molecule has 0 unspecified atom stereocenters. The highest BCUT2D eigenvalue weighted by Crippen LogP contribution is 2.38. The molecule has 0 atom stereocenters. The van der Waals surface area contributed by atoms with Gasteiger partial charge < -0.3 is 23.8 Å². The number of rotatable bonds is 13. The Labute approximate surface area is 234 Å². The Hall–Kier alpha value is -3.47. The van der Waals surface area contributed by atoms with E-state index in [2.05, 4.69) is 0 Å². The van der Waals surface area contributed by atoms with Crippen LogP contribution >= 0.6 is 11.6 Å². The van der Waals surface area contributed by atoms with Crippen molar-refractivity contribution in [3.05, 3.63) is 76.8 Å². The highest BCUT2D eigenvalue weighted by atomic mass is 35.5. The molecule has 0 aromatic heterocycles. The predicted octanol–water partition coefficient (Wildman–Crippen LogP) is 4.61. The van der Waals surface area contributed by atoms with E-state index in [1.807, 2.05) is 25.1 Å². The third-order valence-corrected chi connectivity index (χ3v) is 8.01. The van der Waals surface area contributed by atoms with Gasteiger partial charge in [-0.1, -0.05) is 41.9 Å². The number of carbonyl (C=O) groups excluding carboxylic acids is 1. The van der Waals surface area contributed by atoms with Crippen molar-refractivity contribution in [3.8, 4) is 23.0 Å². The molecule has 0 saturated heterocycles. The maximum absolute atomic E-state index is 13.7. The van der Waals surface area contributed by atoms with Crippen molar-refractivity contribution in [1.29, 1.82) is 0 Å². The van der Waals surface area contributed by atoms with Crippen molar-refractivity contribution in [2.24, 2.45) is 0 Å². The number of hydrogen-bond acceptors (Lipinski definition) is 7. The molecular formula is C28H33ClN2O7S. The second-order valence-corrected chi connectivity index (χ2v) is 10.9. The smallest absolute Gasteiger partial charge is 0.243 e. The van der Waals surface area contributed by atoms with Crippen molar-refractivity contribution < 1.29 is 32.2 Å². The molecule has 210 valence electrons. The second-order valence-electron chi connectivity index (χ2n) is 8.57. The van der Waals surface area contributed by atoms with Gasteiger partial charge in [0, 0.05) is 20.1 Å². The van der Waals surface area contributed by atoms with Gasteiger partial charge in [-0.3, -0.25) is 4.79 Å². The van der Waals surface area contributed by atoms with Gasteiger partial charge in [0.15, 0.2) is 11.5 Å². The van der Waals surface area contributed by atoms with Crippen LogP contribution in [0.2, 0.25) is 5.02 Å². The van der Waals surface area contributed by atoms with Crippen LogP contribution in [0.3, 0.4) is 0 Å². The lowest BCUT2D eigenvalue weighted by atomic mass is 10.1. The van der Waals surface area contributed by atoms with Gasteiger partial charge in [0.2, 0.25) is 21.7 Å². The van der Waals surface area contributed by atoms with Crippen molar-refractivity contribution in [3.63, 3.8) is 0 Å². The van der Waals surface area contributed by atoms with Crippen LogP contribution in [0, 0.1) is 0 Å². The normalized spacial score (nSPS) is 11.3. The largest absolute Gasteiger partial charge is 0.493 e. The third kappa shape index (κ3) is 7.35. The zero-order valence-electron chi connectivity index (χ0n) is 22.6. The Bertz CT molecular complexity index is 1360. The number of methoxy groups -OCH3 is 3. The molecule has 1 amide bonds. The van der Waals surface area contributed by atoms with E-state index in [4.69, 9.17) is 30.5 Å². The zero-order valence-corrected chi connectivity index (χ0v) is 24.2. The van der Waals surface area contributed by atoms with Crippen LogP contribution in [0.1, 0.15) is 18.1 Å². The number of benzene rings is 3. The first-order chi connectivity index (χ1) is 18.6. The molecule has 0 fully saturated rings. The summed E-state index contributed by atoms with van der Waals surface area (Å²) >= 11 is 6.28. The fourth-order valence-corrected chi connectivity index (χ4v) is 5.64. The molecule has 0 spiro atoms. The van der Waals surface area contributed by atoms with E-state index in [1.54, 1.807) is 31.3 Å². The van der Waals surface area contributed by atoms with Gasteiger partial charge in [-0.15, -0.1) is 0 Å². The molecular weight excluding hydrogens is 544 g/mol. The fraction of sp³-hybridized carbons (Fsp3) is 0.321. The number of nitrogens with zero attached hydrogens (tertiary/aromatic N) is 2. The number of likely N-dealkylation sites (N-methyl/N-ethyl adjacent to an activating group) is 1. The molecule has 0 aliphatic carbocycles. The highest BCUT2D eigenvalue weighted by Gasteiger charge is 2.29. The number of hydrogen-bond donors (Lipinski definition) is 0. The van der Waals surface area contributed by atoms with Gasteiger partial charge in [-0.25, -0.2) is 8.42 Å². The zero-order chi connectivity index (χ0) is 28.6. The van der Waals surface area contributed by atoms with Crippen LogP contribution in [0.4, 0.5) is 0 Å². The fourth-order valence-electron chi connectivity index (χ4n) is 3.94. The van der Waals surface area contributed by atoms with Crippen molar-refractivity contribution in [2.75, 3.05) is 41.5 Å². The first-order valence-corrected chi connectivity index (χ1v) is 14.0. The Morgan fingerprint density at radius 1 is 0.846 bits per heavy atom. The Kier molecular flexibility index (Phi) is 10.4. The van der Waals surface area contributed by atoms with E-state index in [1.165, 1.54) is 44.4 Å². The molecule has 9 nitrogen and oxygen atoms in total. The number of carbonyl (C=O) groups is 1. The molecule has 0 aliphatic rings. The Balaban J connectivity index is 1.89. The van der Waals surface area contributed by atoms with Crippen LogP contribution in [-0.4, -0.2) is 65.1 Å². The van der Waals surface area contributed by atoms with E-state index < -0.39 is 15.9 Å². The summed E-state index contributed by atoms with van der Waals surface area (Å²) in [5, 5.41) is 0.170. The molecule has 0 aliphatic heterocycles. The summed E-state index contributed by atoms with van der Waals surface area (Å²) in [5.41, 5.74) is 1.45. The summed E-state index contributed by atoms with van der Waals surface area (Å²) in [6, 6.07) is 16.8. The average Bonchev–Trinajstić information content (AvgIpc) is 2.93. The first kappa shape index (κ1) is 30.1. The monoisotopic (exact) mass is 576 g/mol. The number of amides is 1. The van der Waals surface area contributed by atoms with Gasteiger partial charge in [0.1, 0.15) is 5.75 Å². The van der Waals surface area contributed by atoms with Crippen molar-refractivity contribution in [2.45, 2.75) is 24.9 Å². The Morgan fingerprint density at radius 3 is 2.03 bits per heavy atom. The highest BCUT2D eigenvalue weighted by molar-refractivity contribution is 7.89. The molecule has 11 heteroatoms. The summed E-state index contributed by atoms with van der Waals surface area (Å²) in [6.45, 7) is 1.99. The van der Waals surface area contributed by atoms with Gasteiger partial charge in [0.25, 0.3) is 0 Å².